The number of nitrogens with one attached hydrogen (secondary N) is 1. The van der Waals surface area contributed by atoms with Crippen LogP contribution in [0.5, 0.6) is 5.75 Å². The molecule has 0 saturated carbocycles. The van der Waals surface area contributed by atoms with Gasteiger partial charge in [0.1, 0.15) is 17.1 Å². The molecule has 0 radical (unpaired) electrons. The Labute approximate surface area is 129 Å². The number of pyridine rings is 1. The van der Waals surface area contributed by atoms with Crippen molar-refractivity contribution in [2.75, 3.05) is 12.4 Å². The monoisotopic (exact) mass is 347 g/mol. The zero-order chi connectivity index (χ0) is 15.4. The lowest BCUT2D eigenvalue weighted by molar-refractivity contribution is 0.0697. The van der Waals surface area contributed by atoms with Gasteiger partial charge in [0.25, 0.3) is 0 Å². The number of aromatic nitrogens is 1. The van der Waals surface area contributed by atoms with Crippen LogP contribution in [-0.2, 0) is 0 Å². The lowest BCUT2D eigenvalue weighted by Crippen LogP contribution is -2.05. The van der Waals surface area contributed by atoms with Gasteiger partial charge in [-0.1, -0.05) is 0 Å². The summed E-state index contributed by atoms with van der Waals surface area (Å²) in [6.45, 7) is 0. The van der Waals surface area contributed by atoms with E-state index in [9.17, 15) is 9.90 Å². The number of nitriles is 1. The maximum absolute atomic E-state index is 11.2. The van der Waals surface area contributed by atoms with Gasteiger partial charge in [-0.15, -0.1) is 0 Å². The number of hydrogen-bond donors (Lipinski definition) is 2. The Bertz CT molecular complexity index is 741. The summed E-state index contributed by atoms with van der Waals surface area (Å²) in [5, 5.41) is 21.0. The molecule has 0 aliphatic heterocycles. The Hall–Kier alpha value is -2.59. The minimum Gasteiger partial charge on any atom is -0.495 e. The highest BCUT2D eigenvalue weighted by Crippen LogP contribution is 2.29. The molecule has 2 rings (SSSR count). The van der Waals surface area contributed by atoms with Crippen molar-refractivity contribution >= 4 is 33.4 Å². The molecule has 106 valence electrons. The van der Waals surface area contributed by atoms with Crippen LogP contribution in [0, 0.1) is 11.3 Å². The molecule has 0 saturated heterocycles. The van der Waals surface area contributed by atoms with Crippen molar-refractivity contribution in [3.8, 4) is 11.8 Å². The first-order chi connectivity index (χ1) is 10.0. The molecular formula is C14H10BrN3O3. The van der Waals surface area contributed by atoms with E-state index in [0.717, 1.165) is 0 Å². The summed E-state index contributed by atoms with van der Waals surface area (Å²) >= 11 is 3.18. The van der Waals surface area contributed by atoms with Crippen LogP contribution in [0.3, 0.4) is 0 Å². The Morgan fingerprint density at radius 3 is 2.86 bits per heavy atom. The van der Waals surface area contributed by atoms with E-state index in [4.69, 9.17) is 10.00 Å². The fourth-order valence-corrected chi connectivity index (χ4v) is 2.02. The molecule has 0 amide bonds. The molecule has 0 aliphatic carbocycles. The molecule has 0 spiro atoms. The van der Waals surface area contributed by atoms with Gasteiger partial charge >= 0.3 is 5.97 Å². The van der Waals surface area contributed by atoms with Crippen LogP contribution >= 0.6 is 15.9 Å². The predicted octanol–water partition coefficient (Wildman–Crippen LogP) is 3.17. The molecule has 1 heterocycles. The second-order valence-electron chi connectivity index (χ2n) is 4.01. The first kappa shape index (κ1) is 14.8. The molecule has 1 aromatic heterocycles. The number of carboxylic acid groups (broad SMARTS) is 1. The molecule has 1 aromatic carbocycles. The standard InChI is InChI=1S/C14H10BrN3O3/c1-21-12-4-8(6-16)2-3-11(12)18-13-10(14(19)20)5-9(15)7-17-13/h2-5,7H,1H3,(H,17,18)(H,19,20). The Balaban J connectivity index is 2.43. The van der Waals surface area contributed by atoms with Crippen molar-refractivity contribution in [2.45, 2.75) is 0 Å². The van der Waals surface area contributed by atoms with Gasteiger partial charge in [-0.3, -0.25) is 0 Å². The van der Waals surface area contributed by atoms with Gasteiger partial charge in [0.15, 0.2) is 0 Å². The van der Waals surface area contributed by atoms with Gasteiger partial charge in [0.2, 0.25) is 0 Å². The summed E-state index contributed by atoms with van der Waals surface area (Å²) in [5.74, 6) is -0.484. The summed E-state index contributed by atoms with van der Waals surface area (Å²) < 4.78 is 5.75. The van der Waals surface area contributed by atoms with Gasteiger partial charge in [-0.25, -0.2) is 9.78 Å². The smallest absolute Gasteiger partial charge is 0.339 e. The van der Waals surface area contributed by atoms with E-state index < -0.39 is 5.97 Å². The average molecular weight is 348 g/mol. The number of aromatic carboxylic acids is 1. The summed E-state index contributed by atoms with van der Waals surface area (Å²) in [4.78, 5) is 15.3. The van der Waals surface area contributed by atoms with Crippen LogP contribution in [0.25, 0.3) is 0 Å². The third kappa shape index (κ3) is 3.30. The largest absolute Gasteiger partial charge is 0.495 e. The maximum Gasteiger partial charge on any atom is 0.339 e. The second-order valence-corrected chi connectivity index (χ2v) is 4.92. The average Bonchev–Trinajstić information content (AvgIpc) is 2.49. The highest BCUT2D eigenvalue weighted by atomic mass is 79.9. The Kier molecular flexibility index (Phi) is 4.40. The molecular weight excluding hydrogens is 338 g/mol. The number of anilines is 2. The summed E-state index contributed by atoms with van der Waals surface area (Å²) in [7, 11) is 1.47. The van der Waals surface area contributed by atoms with Crippen molar-refractivity contribution in [3.63, 3.8) is 0 Å². The van der Waals surface area contributed by atoms with Crippen molar-refractivity contribution in [2.24, 2.45) is 0 Å². The molecule has 0 unspecified atom stereocenters. The normalized spacial score (nSPS) is 9.76. The Morgan fingerprint density at radius 2 is 2.24 bits per heavy atom. The van der Waals surface area contributed by atoms with Crippen LogP contribution in [-0.4, -0.2) is 23.2 Å². The fraction of sp³-hybridized carbons (Fsp3) is 0.0714. The van der Waals surface area contributed by atoms with Crippen molar-refractivity contribution in [1.29, 1.82) is 5.26 Å². The van der Waals surface area contributed by atoms with Crippen LogP contribution in [0.1, 0.15) is 15.9 Å². The van der Waals surface area contributed by atoms with E-state index in [1.54, 1.807) is 18.2 Å². The van der Waals surface area contributed by atoms with E-state index in [1.807, 2.05) is 6.07 Å². The SMILES string of the molecule is COc1cc(C#N)ccc1Nc1ncc(Br)cc1C(=O)O. The van der Waals surface area contributed by atoms with Gasteiger partial charge in [-0.05, 0) is 34.1 Å². The first-order valence-electron chi connectivity index (χ1n) is 5.79. The van der Waals surface area contributed by atoms with Crippen LogP contribution < -0.4 is 10.1 Å². The van der Waals surface area contributed by atoms with E-state index >= 15 is 0 Å². The third-order valence-electron chi connectivity index (χ3n) is 2.67. The zero-order valence-corrected chi connectivity index (χ0v) is 12.5. The zero-order valence-electron chi connectivity index (χ0n) is 10.9. The van der Waals surface area contributed by atoms with Gasteiger partial charge in [0, 0.05) is 16.7 Å². The van der Waals surface area contributed by atoms with Crippen LogP contribution in [0.4, 0.5) is 11.5 Å². The summed E-state index contributed by atoms with van der Waals surface area (Å²) in [6, 6.07) is 8.25. The van der Waals surface area contributed by atoms with E-state index in [1.165, 1.54) is 19.4 Å². The first-order valence-corrected chi connectivity index (χ1v) is 6.58. The van der Waals surface area contributed by atoms with Crippen LogP contribution in [0.2, 0.25) is 0 Å². The Morgan fingerprint density at radius 1 is 1.48 bits per heavy atom. The summed E-state index contributed by atoms with van der Waals surface area (Å²) in [6.07, 6.45) is 1.49. The highest BCUT2D eigenvalue weighted by Gasteiger charge is 2.14. The number of ether oxygens (including phenoxy) is 1. The lowest BCUT2D eigenvalue weighted by Gasteiger charge is -2.12. The number of benzene rings is 1. The molecule has 0 fully saturated rings. The molecule has 2 aromatic rings. The minimum absolute atomic E-state index is 0.0239. The quantitative estimate of drug-likeness (QED) is 0.881. The van der Waals surface area contributed by atoms with Crippen molar-refractivity contribution in [1.82, 2.24) is 4.98 Å². The second kappa shape index (κ2) is 6.24. The van der Waals surface area contributed by atoms with Crippen molar-refractivity contribution in [3.05, 3.63) is 46.1 Å². The van der Waals surface area contributed by atoms with E-state index in [0.29, 0.717) is 21.5 Å². The van der Waals surface area contributed by atoms with Gasteiger partial charge in [-0.2, -0.15) is 5.26 Å². The molecule has 0 aliphatic rings. The predicted molar refractivity (Wildman–Crippen MR) is 79.9 cm³/mol. The fourth-order valence-electron chi connectivity index (χ4n) is 1.69. The number of carboxylic acids is 1. The van der Waals surface area contributed by atoms with E-state index in [2.05, 4.69) is 26.2 Å². The highest BCUT2D eigenvalue weighted by molar-refractivity contribution is 9.10. The number of hydrogen-bond acceptors (Lipinski definition) is 5. The number of halogens is 1. The maximum atomic E-state index is 11.2. The lowest BCUT2D eigenvalue weighted by atomic mass is 10.2. The number of rotatable bonds is 4. The number of methoxy groups -OCH3 is 1. The number of carbonyl (C=O) groups is 1. The molecule has 0 bridgehead atoms. The summed E-state index contributed by atoms with van der Waals surface area (Å²) in [5.41, 5.74) is 0.990. The number of nitrogens with zero attached hydrogens (tertiary/aromatic N) is 2. The molecule has 21 heavy (non-hydrogen) atoms. The molecule has 2 N–H and O–H groups in total. The van der Waals surface area contributed by atoms with E-state index in [-0.39, 0.29) is 11.4 Å². The molecule has 0 atom stereocenters. The third-order valence-corrected chi connectivity index (χ3v) is 3.10. The molecule has 7 heteroatoms. The molecule has 6 nitrogen and oxygen atoms in total. The van der Waals surface area contributed by atoms with Gasteiger partial charge in [0.05, 0.1) is 24.4 Å². The minimum atomic E-state index is -1.10. The van der Waals surface area contributed by atoms with Gasteiger partial charge < -0.3 is 15.2 Å². The van der Waals surface area contributed by atoms with Crippen LogP contribution in [0.15, 0.2) is 34.9 Å². The topological polar surface area (TPSA) is 95.2 Å². The van der Waals surface area contributed by atoms with Crippen molar-refractivity contribution < 1.29 is 14.6 Å².